The molecule has 1 aromatic carbocycles. The van der Waals surface area contributed by atoms with E-state index >= 15 is 0 Å². The first-order chi connectivity index (χ1) is 8.95. The molecule has 0 heterocycles. The second-order valence-corrected chi connectivity index (χ2v) is 5.53. The Morgan fingerprint density at radius 2 is 2.05 bits per heavy atom. The summed E-state index contributed by atoms with van der Waals surface area (Å²) in [5, 5.41) is 11.6. The van der Waals surface area contributed by atoms with Gasteiger partial charge in [0.2, 0.25) is 0 Å². The predicted molar refractivity (Wildman–Crippen MR) is 77.4 cm³/mol. The Balaban J connectivity index is 2.82. The largest absolute Gasteiger partial charge is 0.480 e. The number of carbonyl (C=O) groups is 2. The second kappa shape index (κ2) is 7.19. The number of carboxylic acids is 1. The highest BCUT2D eigenvalue weighted by Gasteiger charge is 2.23. The van der Waals surface area contributed by atoms with Crippen LogP contribution in [0.15, 0.2) is 24.3 Å². The van der Waals surface area contributed by atoms with Crippen LogP contribution < -0.4 is 5.32 Å². The average molecular weight is 281 g/mol. The molecule has 0 aromatic heterocycles. The SMILES string of the molecule is CSCc1cccc(C(=O)N[C@@H](C(=O)O)C(C)C)c1. The quantitative estimate of drug-likeness (QED) is 0.840. The number of aliphatic carboxylic acids is 1. The number of amides is 1. The Hall–Kier alpha value is -1.49. The minimum atomic E-state index is -1.01. The molecule has 0 fully saturated rings. The molecule has 0 spiro atoms. The third-order valence-corrected chi connectivity index (χ3v) is 3.34. The van der Waals surface area contributed by atoms with E-state index in [2.05, 4.69) is 5.32 Å². The Bertz CT molecular complexity index is 460. The molecule has 4 nitrogen and oxygen atoms in total. The summed E-state index contributed by atoms with van der Waals surface area (Å²) in [5.74, 6) is -0.684. The maximum atomic E-state index is 12.0. The topological polar surface area (TPSA) is 66.4 Å². The zero-order chi connectivity index (χ0) is 14.4. The number of carbonyl (C=O) groups excluding carboxylic acids is 1. The summed E-state index contributed by atoms with van der Waals surface area (Å²) in [7, 11) is 0. The molecule has 5 heteroatoms. The number of benzene rings is 1. The van der Waals surface area contributed by atoms with E-state index < -0.39 is 12.0 Å². The van der Waals surface area contributed by atoms with Gasteiger partial charge in [0.05, 0.1) is 0 Å². The van der Waals surface area contributed by atoms with Crippen molar-refractivity contribution in [2.45, 2.75) is 25.6 Å². The Morgan fingerprint density at radius 1 is 1.37 bits per heavy atom. The van der Waals surface area contributed by atoms with E-state index in [0.29, 0.717) is 5.56 Å². The molecule has 19 heavy (non-hydrogen) atoms. The summed E-state index contributed by atoms with van der Waals surface area (Å²) < 4.78 is 0. The lowest BCUT2D eigenvalue weighted by Gasteiger charge is -2.18. The first-order valence-electron chi connectivity index (χ1n) is 6.07. The molecule has 0 aliphatic heterocycles. The first kappa shape index (κ1) is 15.6. The van der Waals surface area contributed by atoms with Gasteiger partial charge in [0, 0.05) is 11.3 Å². The molecule has 104 valence electrons. The van der Waals surface area contributed by atoms with Crippen molar-refractivity contribution in [3.8, 4) is 0 Å². The standard InChI is InChI=1S/C14H19NO3S/c1-9(2)12(14(17)18)15-13(16)11-6-4-5-10(7-11)8-19-3/h4-7,9,12H,8H2,1-3H3,(H,15,16)(H,17,18)/t12-/m1/s1. The number of nitrogens with one attached hydrogen (secondary N) is 1. The Kier molecular flexibility index (Phi) is 5.89. The van der Waals surface area contributed by atoms with Crippen LogP contribution in [0.3, 0.4) is 0 Å². The van der Waals surface area contributed by atoms with Crippen molar-refractivity contribution in [3.05, 3.63) is 35.4 Å². The van der Waals surface area contributed by atoms with Gasteiger partial charge in [-0.1, -0.05) is 26.0 Å². The van der Waals surface area contributed by atoms with Crippen LogP contribution in [-0.2, 0) is 10.5 Å². The fraction of sp³-hybridized carbons (Fsp3) is 0.429. The summed E-state index contributed by atoms with van der Waals surface area (Å²) >= 11 is 1.67. The van der Waals surface area contributed by atoms with Gasteiger partial charge in [0.25, 0.3) is 5.91 Å². The molecule has 0 radical (unpaired) electrons. The maximum absolute atomic E-state index is 12.0. The zero-order valence-corrected chi connectivity index (χ0v) is 12.2. The van der Waals surface area contributed by atoms with Crippen molar-refractivity contribution >= 4 is 23.6 Å². The van der Waals surface area contributed by atoms with Crippen molar-refractivity contribution in [3.63, 3.8) is 0 Å². The first-order valence-corrected chi connectivity index (χ1v) is 7.46. The molecule has 0 bridgehead atoms. The molecular weight excluding hydrogens is 262 g/mol. The second-order valence-electron chi connectivity index (χ2n) is 4.67. The molecule has 0 unspecified atom stereocenters. The Labute approximate surface area is 117 Å². The summed E-state index contributed by atoms with van der Waals surface area (Å²) in [6.45, 7) is 3.53. The molecule has 1 rings (SSSR count). The monoisotopic (exact) mass is 281 g/mol. The third kappa shape index (κ3) is 4.59. The van der Waals surface area contributed by atoms with Crippen molar-refractivity contribution in [2.75, 3.05) is 6.26 Å². The predicted octanol–water partition coefficient (Wildman–Crippen LogP) is 2.39. The van der Waals surface area contributed by atoms with Gasteiger partial charge in [-0.3, -0.25) is 4.79 Å². The molecular formula is C14H19NO3S. The van der Waals surface area contributed by atoms with Gasteiger partial charge in [-0.15, -0.1) is 0 Å². The number of hydrogen-bond donors (Lipinski definition) is 2. The van der Waals surface area contributed by atoms with Crippen molar-refractivity contribution in [1.82, 2.24) is 5.32 Å². The summed E-state index contributed by atoms with van der Waals surface area (Å²) in [6.07, 6.45) is 1.99. The lowest BCUT2D eigenvalue weighted by Crippen LogP contribution is -2.44. The van der Waals surface area contributed by atoms with Gasteiger partial charge < -0.3 is 10.4 Å². The average Bonchev–Trinajstić information content (AvgIpc) is 2.35. The minimum absolute atomic E-state index is 0.157. The Morgan fingerprint density at radius 3 is 2.58 bits per heavy atom. The highest BCUT2D eigenvalue weighted by atomic mass is 32.2. The van der Waals surface area contributed by atoms with E-state index in [4.69, 9.17) is 5.11 Å². The van der Waals surface area contributed by atoms with E-state index in [1.165, 1.54) is 0 Å². The highest BCUT2D eigenvalue weighted by Crippen LogP contribution is 2.12. The molecule has 1 amide bonds. The maximum Gasteiger partial charge on any atom is 0.326 e. The molecule has 0 saturated carbocycles. The van der Waals surface area contributed by atoms with Crippen molar-refractivity contribution in [1.29, 1.82) is 0 Å². The van der Waals surface area contributed by atoms with Gasteiger partial charge in [-0.2, -0.15) is 11.8 Å². The lowest BCUT2D eigenvalue weighted by atomic mass is 10.0. The molecule has 0 saturated heterocycles. The number of carboxylic acid groups (broad SMARTS) is 1. The third-order valence-electron chi connectivity index (χ3n) is 2.72. The van der Waals surface area contributed by atoms with Crippen LogP contribution in [0.2, 0.25) is 0 Å². The summed E-state index contributed by atoms with van der Waals surface area (Å²) in [4.78, 5) is 23.1. The van der Waals surface area contributed by atoms with Crippen LogP contribution in [0.1, 0.15) is 29.8 Å². The number of thioether (sulfide) groups is 1. The fourth-order valence-electron chi connectivity index (χ4n) is 1.71. The molecule has 2 N–H and O–H groups in total. The zero-order valence-electron chi connectivity index (χ0n) is 11.3. The summed E-state index contributed by atoms with van der Waals surface area (Å²) in [5.41, 5.74) is 1.55. The molecule has 0 aliphatic carbocycles. The smallest absolute Gasteiger partial charge is 0.326 e. The van der Waals surface area contributed by atoms with Crippen LogP contribution in [0.5, 0.6) is 0 Å². The van der Waals surface area contributed by atoms with Gasteiger partial charge in [-0.25, -0.2) is 4.79 Å². The van der Waals surface area contributed by atoms with E-state index in [-0.39, 0.29) is 11.8 Å². The van der Waals surface area contributed by atoms with Crippen molar-refractivity contribution < 1.29 is 14.7 Å². The van der Waals surface area contributed by atoms with Gasteiger partial charge >= 0.3 is 5.97 Å². The van der Waals surface area contributed by atoms with Gasteiger partial charge in [-0.05, 0) is 29.9 Å². The van der Waals surface area contributed by atoms with E-state index in [1.807, 2.05) is 18.4 Å². The van der Waals surface area contributed by atoms with Crippen LogP contribution in [0, 0.1) is 5.92 Å². The van der Waals surface area contributed by atoms with Gasteiger partial charge in [0.15, 0.2) is 0 Å². The van der Waals surface area contributed by atoms with Crippen LogP contribution in [-0.4, -0.2) is 29.3 Å². The molecule has 0 aliphatic rings. The highest BCUT2D eigenvalue weighted by molar-refractivity contribution is 7.97. The molecule has 1 aromatic rings. The summed E-state index contributed by atoms with van der Waals surface area (Å²) in [6, 6.07) is 6.39. The number of rotatable bonds is 6. The minimum Gasteiger partial charge on any atom is -0.480 e. The van der Waals surface area contributed by atoms with E-state index in [1.54, 1.807) is 37.7 Å². The van der Waals surface area contributed by atoms with Crippen LogP contribution in [0.25, 0.3) is 0 Å². The molecule has 1 atom stereocenters. The normalized spacial score (nSPS) is 12.2. The fourth-order valence-corrected chi connectivity index (χ4v) is 2.22. The van der Waals surface area contributed by atoms with Gasteiger partial charge in [0.1, 0.15) is 6.04 Å². The van der Waals surface area contributed by atoms with Crippen molar-refractivity contribution in [2.24, 2.45) is 5.92 Å². The van der Waals surface area contributed by atoms with E-state index in [0.717, 1.165) is 11.3 Å². The van der Waals surface area contributed by atoms with Crippen LogP contribution >= 0.6 is 11.8 Å². The van der Waals surface area contributed by atoms with Crippen LogP contribution in [0.4, 0.5) is 0 Å². The number of hydrogen-bond acceptors (Lipinski definition) is 3. The van der Waals surface area contributed by atoms with E-state index in [9.17, 15) is 9.59 Å². The lowest BCUT2D eigenvalue weighted by molar-refractivity contribution is -0.140.